The van der Waals surface area contributed by atoms with E-state index in [0.29, 0.717) is 17.5 Å². The first-order valence-electron chi connectivity index (χ1n) is 7.95. The maximum absolute atomic E-state index is 6.55. The summed E-state index contributed by atoms with van der Waals surface area (Å²) >= 11 is 0. The van der Waals surface area contributed by atoms with Crippen LogP contribution in [-0.2, 0) is 0 Å². The zero-order chi connectivity index (χ0) is 13.8. The van der Waals surface area contributed by atoms with Crippen LogP contribution in [0.5, 0.6) is 0 Å². The van der Waals surface area contributed by atoms with Gasteiger partial charge >= 0.3 is 0 Å². The minimum Gasteiger partial charge on any atom is -0.326 e. The summed E-state index contributed by atoms with van der Waals surface area (Å²) < 4.78 is 0. The van der Waals surface area contributed by atoms with Gasteiger partial charge in [0.1, 0.15) is 0 Å². The van der Waals surface area contributed by atoms with Crippen molar-refractivity contribution in [2.75, 3.05) is 13.1 Å². The summed E-state index contributed by atoms with van der Waals surface area (Å²) in [6.45, 7) is 14.0. The van der Waals surface area contributed by atoms with Gasteiger partial charge in [0, 0.05) is 18.6 Å². The van der Waals surface area contributed by atoms with Crippen LogP contribution in [-0.4, -0.2) is 30.1 Å². The topological polar surface area (TPSA) is 29.3 Å². The molecule has 2 atom stereocenters. The third-order valence-electron chi connectivity index (χ3n) is 5.16. The van der Waals surface area contributed by atoms with Gasteiger partial charge in [0.2, 0.25) is 0 Å². The highest BCUT2D eigenvalue weighted by Gasteiger charge is 2.38. The molecule has 0 heterocycles. The summed E-state index contributed by atoms with van der Waals surface area (Å²) in [5.74, 6) is 0.835. The minimum atomic E-state index is 0.310. The predicted molar refractivity (Wildman–Crippen MR) is 80.7 cm³/mol. The predicted octanol–water partition coefficient (Wildman–Crippen LogP) is 3.65. The smallest absolute Gasteiger partial charge is 0.0252 e. The lowest BCUT2D eigenvalue weighted by atomic mass is 9.70. The monoisotopic (exact) mass is 254 g/mol. The van der Waals surface area contributed by atoms with Crippen LogP contribution in [0, 0.1) is 11.3 Å². The fraction of sp³-hybridized carbons (Fsp3) is 1.00. The first-order valence-corrected chi connectivity index (χ1v) is 7.95. The molecule has 0 spiro atoms. The van der Waals surface area contributed by atoms with Crippen molar-refractivity contribution < 1.29 is 0 Å². The fourth-order valence-corrected chi connectivity index (χ4v) is 3.42. The molecule has 2 N–H and O–H groups in total. The summed E-state index contributed by atoms with van der Waals surface area (Å²) in [5, 5.41) is 0. The Hall–Kier alpha value is -0.0800. The number of nitrogens with two attached hydrogens (primary N) is 1. The third-order valence-corrected chi connectivity index (χ3v) is 5.16. The van der Waals surface area contributed by atoms with E-state index in [9.17, 15) is 0 Å². The Morgan fingerprint density at radius 2 is 1.83 bits per heavy atom. The molecule has 0 bridgehead atoms. The number of hydrogen-bond acceptors (Lipinski definition) is 2. The Labute approximate surface area is 114 Å². The van der Waals surface area contributed by atoms with E-state index in [1.165, 1.54) is 38.6 Å². The molecule has 0 radical (unpaired) electrons. The molecular formula is C16H34N2. The van der Waals surface area contributed by atoms with Gasteiger partial charge in [-0.15, -0.1) is 0 Å². The zero-order valence-corrected chi connectivity index (χ0v) is 13.2. The number of nitrogens with zero attached hydrogens (tertiary/aromatic N) is 1. The molecular weight excluding hydrogens is 220 g/mol. The van der Waals surface area contributed by atoms with Gasteiger partial charge in [-0.2, -0.15) is 0 Å². The molecule has 0 aromatic heterocycles. The Bertz CT molecular complexity index is 233. The van der Waals surface area contributed by atoms with Crippen molar-refractivity contribution in [1.29, 1.82) is 0 Å². The molecule has 1 fully saturated rings. The average molecular weight is 254 g/mol. The van der Waals surface area contributed by atoms with Crippen LogP contribution in [0.25, 0.3) is 0 Å². The summed E-state index contributed by atoms with van der Waals surface area (Å²) in [7, 11) is 0. The van der Waals surface area contributed by atoms with Crippen LogP contribution in [0.15, 0.2) is 0 Å². The van der Waals surface area contributed by atoms with Gasteiger partial charge in [0.25, 0.3) is 0 Å². The van der Waals surface area contributed by atoms with Crippen LogP contribution in [0.1, 0.15) is 66.7 Å². The van der Waals surface area contributed by atoms with Crippen molar-refractivity contribution in [3.8, 4) is 0 Å². The number of hydrogen-bond donors (Lipinski definition) is 1. The van der Waals surface area contributed by atoms with Crippen molar-refractivity contribution in [1.82, 2.24) is 4.90 Å². The molecule has 108 valence electrons. The molecule has 2 unspecified atom stereocenters. The maximum atomic E-state index is 6.55. The minimum absolute atomic E-state index is 0.310. The molecule has 18 heavy (non-hydrogen) atoms. The molecule has 1 aliphatic rings. The largest absolute Gasteiger partial charge is 0.326 e. The summed E-state index contributed by atoms with van der Waals surface area (Å²) in [4.78, 5) is 2.66. The second-order valence-corrected chi connectivity index (χ2v) is 6.74. The number of rotatable bonds is 6. The van der Waals surface area contributed by atoms with Gasteiger partial charge in [-0.05, 0) is 30.7 Å². The van der Waals surface area contributed by atoms with E-state index in [1.54, 1.807) is 0 Å². The quantitative estimate of drug-likeness (QED) is 0.784. The molecule has 0 amide bonds. The summed E-state index contributed by atoms with van der Waals surface area (Å²) in [6.07, 6.45) is 6.49. The molecule has 0 aromatic carbocycles. The van der Waals surface area contributed by atoms with Gasteiger partial charge in [-0.25, -0.2) is 0 Å². The van der Waals surface area contributed by atoms with Crippen molar-refractivity contribution in [2.45, 2.75) is 78.8 Å². The average Bonchev–Trinajstić information content (AvgIpc) is 2.35. The third kappa shape index (κ3) is 3.71. The van der Waals surface area contributed by atoms with Crippen LogP contribution >= 0.6 is 0 Å². The summed E-state index contributed by atoms with van der Waals surface area (Å²) in [6, 6.07) is 0.930. The molecule has 0 saturated heterocycles. The van der Waals surface area contributed by atoms with Gasteiger partial charge in [-0.1, -0.05) is 53.9 Å². The van der Waals surface area contributed by atoms with Crippen molar-refractivity contribution in [3.63, 3.8) is 0 Å². The lowest BCUT2D eigenvalue weighted by molar-refractivity contribution is 0.0597. The van der Waals surface area contributed by atoms with E-state index in [1.807, 2.05) is 0 Å². The highest BCUT2D eigenvalue weighted by molar-refractivity contribution is 4.96. The second kappa shape index (κ2) is 6.91. The van der Waals surface area contributed by atoms with Gasteiger partial charge in [0.05, 0.1) is 0 Å². The van der Waals surface area contributed by atoms with E-state index in [2.05, 4.69) is 39.5 Å². The fourth-order valence-electron chi connectivity index (χ4n) is 3.42. The Morgan fingerprint density at radius 1 is 1.22 bits per heavy atom. The van der Waals surface area contributed by atoms with E-state index in [4.69, 9.17) is 5.73 Å². The molecule has 1 aliphatic carbocycles. The molecule has 2 heteroatoms. The maximum Gasteiger partial charge on any atom is 0.0252 e. The Kier molecular flexibility index (Phi) is 6.13. The molecule has 2 nitrogen and oxygen atoms in total. The SMILES string of the molecule is CCC(CC)CN(CC)C1CCCC(C)(C)C1N. The first-order chi connectivity index (χ1) is 8.46. The van der Waals surface area contributed by atoms with Crippen molar-refractivity contribution in [2.24, 2.45) is 17.1 Å². The first kappa shape index (κ1) is 16.0. The lowest BCUT2D eigenvalue weighted by Gasteiger charge is -2.47. The zero-order valence-electron chi connectivity index (χ0n) is 13.2. The van der Waals surface area contributed by atoms with Crippen LogP contribution in [0.3, 0.4) is 0 Å². The highest BCUT2D eigenvalue weighted by Crippen LogP contribution is 2.36. The second-order valence-electron chi connectivity index (χ2n) is 6.74. The number of likely N-dealkylation sites (N-methyl/N-ethyl adjacent to an activating group) is 1. The molecule has 0 aliphatic heterocycles. The highest BCUT2D eigenvalue weighted by atomic mass is 15.2. The Morgan fingerprint density at radius 3 is 2.33 bits per heavy atom. The van der Waals surface area contributed by atoms with Gasteiger partial charge in [-0.3, -0.25) is 4.90 Å². The van der Waals surface area contributed by atoms with E-state index >= 15 is 0 Å². The van der Waals surface area contributed by atoms with E-state index in [-0.39, 0.29) is 0 Å². The molecule has 1 saturated carbocycles. The van der Waals surface area contributed by atoms with Gasteiger partial charge < -0.3 is 5.73 Å². The molecule has 1 rings (SSSR count). The standard InChI is InChI=1S/C16H34N2/c1-6-13(7-2)12-18(8-3)14-10-9-11-16(4,5)15(14)17/h13-15H,6-12,17H2,1-5H3. The molecule has 0 aromatic rings. The Balaban J connectivity index is 2.69. The van der Waals surface area contributed by atoms with E-state index < -0.39 is 0 Å². The van der Waals surface area contributed by atoms with Gasteiger partial charge in [0.15, 0.2) is 0 Å². The summed E-state index contributed by atoms with van der Waals surface area (Å²) in [5.41, 5.74) is 6.86. The van der Waals surface area contributed by atoms with Crippen LogP contribution < -0.4 is 5.73 Å². The van der Waals surface area contributed by atoms with Crippen molar-refractivity contribution in [3.05, 3.63) is 0 Å². The van der Waals surface area contributed by atoms with Crippen LogP contribution in [0.4, 0.5) is 0 Å². The van der Waals surface area contributed by atoms with Crippen LogP contribution in [0.2, 0.25) is 0 Å². The lowest BCUT2D eigenvalue weighted by Crippen LogP contribution is -2.57. The van der Waals surface area contributed by atoms with E-state index in [0.717, 1.165) is 12.5 Å². The van der Waals surface area contributed by atoms with Crippen molar-refractivity contribution >= 4 is 0 Å². The normalized spacial score (nSPS) is 28.0.